The van der Waals surface area contributed by atoms with Gasteiger partial charge in [0, 0.05) is 12.7 Å². The van der Waals surface area contributed by atoms with Gasteiger partial charge in [-0.1, -0.05) is 32.0 Å². The van der Waals surface area contributed by atoms with E-state index in [1.54, 1.807) is 22.6 Å². The van der Waals surface area contributed by atoms with Gasteiger partial charge in [-0.2, -0.15) is 4.31 Å². The van der Waals surface area contributed by atoms with Crippen molar-refractivity contribution in [2.24, 2.45) is 0 Å². The summed E-state index contributed by atoms with van der Waals surface area (Å²) in [6.45, 7) is 4.75. The van der Waals surface area contributed by atoms with Gasteiger partial charge in [0.1, 0.15) is 0 Å². The molecular weight excluding hydrogens is 308 g/mol. The molecule has 23 heavy (non-hydrogen) atoms. The van der Waals surface area contributed by atoms with Crippen LogP contribution in [0.25, 0.3) is 0 Å². The summed E-state index contributed by atoms with van der Waals surface area (Å²) in [4.78, 5) is 4.71. The summed E-state index contributed by atoms with van der Waals surface area (Å²) in [6, 6.07) is 12.8. The predicted octanol–water partition coefficient (Wildman–Crippen LogP) is 3.73. The van der Waals surface area contributed by atoms with Crippen LogP contribution < -0.4 is 0 Å². The lowest BCUT2D eigenvalue weighted by Gasteiger charge is -2.24. The van der Waals surface area contributed by atoms with Crippen LogP contribution in [-0.4, -0.2) is 24.3 Å². The molecule has 1 unspecified atom stereocenters. The van der Waals surface area contributed by atoms with Crippen molar-refractivity contribution in [2.45, 2.75) is 43.5 Å². The Morgan fingerprint density at radius 3 is 2.48 bits per heavy atom. The van der Waals surface area contributed by atoms with Crippen LogP contribution in [0.1, 0.15) is 49.9 Å². The molecule has 0 aliphatic carbocycles. The molecule has 0 N–H and O–H groups in total. The Hall–Kier alpha value is -1.72. The first-order valence-electron chi connectivity index (χ1n) is 8.03. The summed E-state index contributed by atoms with van der Waals surface area (Å²) in [5, 5.41) is 0. The normalized spacial score (nSPS) is 19.3. The zero-order valence-corrected chi connectivity index (χ0v) is 14.3. The molecule has 1 fully saturated rings. The maximum Gasteiger partial charge on any atom is 0.243 e. The average Bonchev–Trinajstić information content (AvgIpc) is 3.06. The number of aromatic nitrogens is 1. The Morgan fingerprint density at radius 1 is 1.13 bits per heavy atom. The van der Waals surface area contributed by atoms with Crippen molar-refractivity contribution in [2.75, 3.05) is 6.54 Å². The van der Waals surface area contributed by atoms with Gasteiger partial charge in [-0.15, -0.1) is 0 Å². The Balaban J connectivity index is 1.92. The standard InChI is InChI=1S/C18H22N2O2S/c1-14(2)15-8-10-16(11-9-15)23(21,22)20-13-5-7-18(20)17-6-3-4-12-19-17/h3-4,6,8-12,14,18H,5,7,13H2,1-2H3. The minimum Gasteiger partial charge on any atom is -0.260 e. The lowest BCUT2D eigenvalue weighted by Crippen LogP contribution is -2.31. The predicted molar refractivity (Wildman–Crippen MR) is 90.6 cm³/mol. The number of rotatable bonds is 4. The fourth-order valence-corrected chi connectivity index (χ4v) is 4.73. The summed E-state index contributed by atoms with van der Waals surface area (Å²) in [5.74, 6) is 0.389. The van der Waals surface area contributed by atoms with E-state index in [0.717, 1.165) is 24.1 Å². The van der Waals surface area contributed by atoms with Crippen LogP contribution in [0.4, 0.5) is 0 Å². The molecule has 2 heterocycles. The molecule has 5 heteroatoms. The van der Waals surface area contributed by atoms with Crippen molar-refractivity contribution in [3.8, 4) is 0 Å². The molecule has 0 amide bonds. The molecule has 1 aromatic heterocycles. The lowest BCUT2D eigenvalue weighted by atomic mass is 10.0. The average molecular weight is 330 g/mol. The van der Waals surface area contributed by atoms with Crippen LogP contribution in [0.2, 0.25) is 0 Å². The van der Waals surface area contributed by atoms with Crippen LogP contribution >= 0.6 is 0 Å². The van der Waals surface area contributed by atoms with Gasteiger partial charge >= 0.3 is 0 Å². The molecule has 1 aliphatic heterocycles. The third-order valence-electron chi connectivity index (χ3n) is 4.39. The highest BCUT2D eigenvalue weighted by atomic mass is 32.2. The summed E-state index contributed by atoms with van der Waals surface area (Å²) in [7, 11) is -3.49. The van der Waals surface area contributed by atoms with Crippen LogP contribution in [0.15, 0.2) is 53.6 Å². The molecule has 4 nitrogen and oxygen atoms in total. The van der Waals surface area contributed by atoms with Crippen molar-refractivity contribution in [3.05, 3.63) is 59.9 Å². The third kappa shape index (κ3) is 3.16. The molecule has 0 radical (unpaired) electrons. The Labute approximate surface area is 138 Å². The van der Waals surface area contributed by atoms with Crippen molar-refractivity contribution < 1.29 is 8.42 Å². The number of hydrogen-bond acceptors (Lipinski definition) is 3. The fourth-order valence-electron chi connectivity index (χ4n) is 3.06. The van der Waals surface area contributed by atoms with Crippen LogP contribution in [0, 0.1) is 0 Å². The monoisotopic (exact) mass is 330 g/mol. The summed E-state index contributed by atoms with van der Waals surface area (Å²) in [5.41, 5.74) is 1.97. The van der Waals surface area contributed by atoms with E-state index in [9.17, 15) is 8.42 Å². The second kappa shape index (κ2) is 6.42. The zero-order chi connectivity index (χ0) is 16.4. The van der Waals surface area contributed by atoms with Crippen LogP contribution in [-0.2, 0) is 10.0 Å². The van der Waals surface area contributed by atoms with Gasteiger partial charge in [-0.25, -0.2) is 8.42 Å². The molecule has 1 aromatic carbocycles. The maximum atomic E-state index is 13.0. The van der Waals surface area contributed by atoms with Gasteiger partial charge in [0.2, 0.25) is 10.0 Å². The largest absolute Gasteiger partial charge is 0.260 e. The minimum atomic E-state index is -3.49. The smallest absolute Gasteiger partial charge is 0.243 e. The van der Waals surface area contributed by atoms with Gasteiger partial charge in [-0.3, -0.25) is 4.98 Å². The number of sulfonamides is 1. The van der Waals surface area contributed by atoms with Crippen molar-refractivity contribution in [1.29, 1.82) is 0 Å². The third-order valence-corrected chi connectivity index (χ3v) is 6.31. The number of benzene rings is 1. The van der Waals surface area contributed by atoms with E-state index in [0.29, 0.717) is 17.4 Å². The fraction of sp³-hybridized carbons (Fsp3) is 0.389. The first kappa shape index (κ1) is 16.1. The minimum absolute atomic E-state index is 0.161. The summed E-state index contributed by atoms with van der Waals surface area (Å²) < 4.78 is 27.6. The van der Waals surface area contributed by atoms with Crippen molar-refractivity contribution in [1.82, 2.24) is 9.29 Å². The van der Waals surface area contributed by atoms with E-state index < -0.39 is 10.0 Å². The van der Waals surface area contributed by atoms with Crippen molar-refractivity contribution in [3.63, 3.8) is 0 Å². The summed E-state index contributed by atoms with van der Waals surface area (Å²) >= 11 is 0. The topological polar surface area (TPSA) is 50.3 Å². The first-order chi connectivity index (χ1) is 11.0. The van der Waals surface area contributed by atoms with Gasteiger partial charge in [0.05, 0.1) is 16.6 Å². The van der Waals surface area contributed by atoms with E-state index in [2.05, 4.69) is 18.8 Å². The van der Waals surface area contributed by atoms with E-state index in [-0.39, 0.29) is 6.04 Å². The Kier molecular flexibility index (Phi) is 4.50. The first-order valence-corrected chi connectivity index (χ1v) is 9.47. The SMILES string of the molecule is CC(C)c1ccc(S(=O)(=O)N2CCCC2c2ccccn2)cc1. The number of pyridine rings is 1. The molecule has 1 saturated heterocycles. The summed E-state index contributed by atoms with van der Waals surface area (Å²) in [6.07, 6.45) is 3.40. The molecule has 1 aliphatic rings. The highest BCUT2D eigenvalue weighted by Gasteiger charge is 2.36. The molecule has 0 spiro atoms. The molecule has 0 saturated carbocycles. The van der Waals surface area contributed by atoms with Gasteiger partial charge in [-0.05, 0) is 48.6 Å². The van der Waals surface area contributed by atoms with E-state index in [4.69, 9.17) is 0 Å². The maximum absolute atomic E-state index is 13.0. The number of nitrogens with zero attached hydrogens (tertiary/aromatic N) is 2. The lowest BCUT2D eigenvalue weighted by molar-refractivity contribution is 0.390. The van der Waals surface area contributed by atoms with Crippen molar-refractivity contribution >= 4 is 10.0 Å². The molecule has 0 bridgehead atoms. The van der Waals surface area contributed by atoms with Crippen LogP contribution in [0.5, 0.6) is 0 Å². The molecule has 3 rings (SSSR count). The molecule has 122 valence electrons. The van der Waals surface area contributed by atoms with E-state index in [1.807, 2.05) is 30.3 Å². The van der Waals surface area contributed by atoms with Crippen LogP contribution in [0.3, 0.4) is 0 Å². The van der Waals surface area contributed by atoms with Gasteiger partial charge < -0.3 is 0 Å². The second-order valence-corrected chi connectivity index (χ2v) is 8.14. The van der Waals surface area contributed by atoms with Gasteiger partial charge in [0.15, 0.2) is 0 Å². The quantitative estimate of drug-likeness (QED) is 0.858. The molecule has 1 atom stereocenters. The van der Waals surface area contributed by atoms with E-state index >= 15 is 0 Å². The van der Waals surface area contributed by atoms with E-state index in [1.165, 1.54) is 0 Å². The second-order valence-electron chi connectivity index (χ2n) is 6.25. The Bertz CT molecular complexity index is 755. The Morgan fingerprint density at radius 2 is 1.87 bits per heavy atom. The highest BCUT2D eigenvalue weighted by molar-refractivity contribution is 7.89. The zero-order valence-electron chi connectivity index (χ0n) is 13.5. The number of hydrogen-bond donors (Lipinski definition) is 0. The molecule has 2 aromatic rings. The van der Waals surface area contributed by atoms with Gasteiger partial charge in [0.25, 0.3) is 0 Å². The highest BCUT2D eigenvalue weighted by Crippen LogP contribution is 2.35. The molecular formula is C18H22N2O2S.